The molecule has 0 aliphatic rings. The Kier molecular flexibility index (Phi) is 8.71. The molecule has 2 N–H and O–H groups in total. The third-order valence-corrected chi connectivity index (χ3v) is 8.04. The molecule has 0 aliphatic carbocycles. The lowest BCUT2D eigenvalue weighted by Gasteiger charge is -2.14. The molecule has 4 rings (SSSR count). The summed E-state index contributed by atoms with van der Waals surface area (Å²) >= 11 is 0. The number of aromatic nitrogens is 1. The van der Waals surface area contributed by atoms with E-state index in [0.29, 0.717) is 37.2 Å². The van der Waals surface area contributed by atoms with Gasteiger partial charge in [-0.1, -0.05) is 43.3 Å². The number of hydrogen-bond acceptors (Lipinski definition) is 5. The highest BCUT2D eigenvalue weighted by Gasteiger charge is 2.21. The summed E-state index contributed by atoms with van der Waals surface area (Å²) in [5, 5.41) is 3.98. The minimum atomic E-state index is -4.02. The smallest absolute Gasteiger partial charge is 0.265 e. The van der Waals surface area contributed by atoms with Gasteiger partial charge in [0.15, 0.2) is 0 Å². The number of sulfonamides is 1. The van der Waals surface area contributed by atoms with Crippen molar-refractivity contribution in [3.8, 4) is 5.75 Å². The summed E-state index contributed by atoms with van der Waals surface area (Å²) < 4.78 is 35.3. The average molecular weight is 548 g/mol. The number of amides is 2. The van der Waals surface area contributed by atoms with E-state index < -0.39 is 15.9 Å². The number of rotatable bonds is 11. The summed E-state index contributed by atoms with van der Waals surface area (Å²) in [5.41, 5.74) is 3.65. The van der Waals surface area contributed by atoms with Crippen LogP contribution in [-0.4, -0.2) is 38.5 Å². The molecule has 8 nitrogen and oxygen atoms in total. The van der Waals surface area contributed by atoms with Gasteiger partial charge in [0.1, 0.15) is 5.75 Å². The van der Waals surface area contributed by atoms with E-state index in [1.807, 2.05) is 31.3 Å². The largest absolute Gasteiger partial charge is 0.496 e. The summed E-state index contributed by atoms with van der Waals surface area (Å²) in [6.45, 7) is 4.87. The van der Waals surface area contributed by atoms with Crippen LogP contribution in [0.15, 0.2) is 77.8 Å². The molecule has 0 atom stereocenters. The van der Waals surface area contributed by atoms with E-state index in [9.17, 15) is 18.0 Å². The molecule has 4 aromatic rings. The number of methoxy groups -OCH3 is 1. The highest BCUT2D eigenvalue weighted by molar-refractivity contribution is 7.90. The van der Waals surface area contributed by atoms with Gasteiger partial charge in [-0.05, 0) is 66.6 Å². The third-order valence-electron chi connectivity index (χ3n) is 6.55. The third kappa shape index (κ3) is 6.67. The topological polar surface area (TPSA) is 107 Å². The van der Waals surface area contributed by atoms with Crippen LogP contribution in [0, 0.1) is 6.92 Å². The number of hydrogen-bond donors (Lipinski definition) is 2. The van der Waals surface area contributed by atoms with Crippen molar-refractivity contribution in [2.24, 2.45) is 0 Å². The van der Waals surface area contributed by atoms with E-state index in [1.165, 1.54) is 13.2 Å². The minimum Gasteiger partial charge on any atom is -0.496 e. The Morgan fingerprint density at radius 2 is 1.79 bits per heavy atom. The molecule has 0 radical (unpaired) electrons. The number of fused-ring (bicyclic) bond motifs is 1. The Bertz CT molecular complexity index is 1610. The standard InChI is InChI=1S/C30H33N3O5S/c1-4-16-31-29(34)14-10-22-9-11-23-15-17-33(26(23)18-22)20-25-13-12-24(19-27(25)38-3)30(35)32-39(36,37)28-8-6-5-7-21(28)2/h5-9,11-13,15,17-19H,4,10,14,16,20H2,1-3H3,(H,31,34)(H,32,35). The van der Waals surface area contributed by atoms with Crippen molar-refractivity contribution in [1.82, 2.24) is 14.6 Å². The molecule has 0 saturated carbocycles. The van der Waals surface area contributed by atoms with E-state index in [4.69, 9.17) is 4.74 Å². The van der Waals surface area contributed by atoms with Crippen molar-refractivity contribution in [2.75, 3.05) is 13.7 Å². The quantitative estimate of drug-likeness (QED) is 0.286. The fourth-order valence-electron chi connectivity index (χ4n) is 4.43. The molecule has 1 heterocycles. The molecule has 2 amide bonds. The first-order valence-electron chi connectivity index (χ1n) is 12.9. The SMILES string of the molecule is CCCNC(=O)CCc1ccc2ccn(Cc3ccc(C(=O)NS(=O)(=O)c4ccccc4C)cc3OC)c2c1. The molecule has 0 spiro atoms. The summed E-state index contributed by atoms with van der Waals surface area (Å²) in [6.07, 6.45) is 3.97. The maximum atomic E-state index is 12.8. The highest BCUT2D eigenvalue weighted by Crippen LogP contribution is 2.25. The molecule has 0 saturated heterocycles. The van der Waals surface area contributed by atoms with Gasteiger partial charge >= 0.3 is 0 Å². The lowest BCUT2D eigenvalue weighted by atomic mass is 10.1. The Labute approximate surface area is 229 Å². The molecular weight excluding hydrogens is 514 g/mol. The Hall–Kier alpha value is -4.11. The minimum absolute atomic E-state index is 0.0490. The zero-order chi connectivity index (χ0) is 28.0. The lowest BCUT2D eigenvalue weighted by molar-refractivity contribution is -0.121. The molecule has 1 aromatic heterocycles. The first-order chi connectivity index (χ1) is 18.7. The fourth-order valence-corrected chi connectivity index (χ4v) is 5.65. The van der Waals surface area contributed by atoms with Crippen LogP contribution in [0.5, 0.6) is 5.75 Å². The van der Waals surface area contributed by atoms with Crippen LogP contribution in [-0.2, 0) is 27.8 Å². The number of carbonyl (C=O) groups is 2. The molecule has 0 aliphatic heterocycles. The molecule has 9 heteroatoms. The molecule has 0 unspecified atom stereocenters. The van der Waals surface area contributed by atoms with E-state index in [1.54, 1.807) is 43.3 Å². The highest BCUT2D eigenvalue weighted by atomic mass is 32.2. The number of benzene rings is 3. The van der Waals surface area contributed by atoms with E-state index >= 15 is 0 Å². The summed E-state index contributed by atoms with van der Waals surface area (Å²) in [7, 11) is -2.51. The normalized spacial score (nSPS) is 11.4. The van der Waals surface area contributed by atoms with Crippen LogP contribution in [0.4, 0.5) is 0 Å². The Morgan fingerprint density at radius 1 is 1.00 bits per heavy atom. The monoisotopic (exact) mass is 547 g/mol. The molecule has 0 bridgehead atoms. The number of carbonyl (C=O) groups excluding carboxylic acids is 2. The van der Waals surface area contributed by atoms with Crippen molar-refractivity contribution in [3.05, 3.63) is 95.2 Å². The van der Waals surface area contributed by atoms with Crippen molar-refractivity contribution < 1.29 is 22.7 Å². The molecule has 204 valence electrons. The molecular formula is C30H33N3O5S. The van der Waals surface area contributed by atoms with E-state index in [0.717, 1.165) is 28.5 Å². The zero-order valence-corrected chi connectivity index (χ0v) is 23.2. The van der Waals surface area contributed by atoms with Gasteiger partial charge in [0.05, 0.1) is 18.6 Å². The number of nitrogens with one attached hydrogen (secondary N) is 2. The molecule has 0 fully saturated rings. The summed E-state index contributed by atoms with van der Waals surface area (Å²) in [4.78, 5) is 24.9. The number of nitrogens with zero attached hydrogens (tertiary/aromatic N) is 1. The van der Waals surface area contributed by atoms with Crippen LogP contribution in [0.2, 0.25) is 0 Å². The van der Waals surface area contributed by atoms with E-state index in [-0.39, 0.29) is 16.4 Å². The van der Waals surface area contributed by atoms with Crippen LogP contribution in [0.3, 0.4) is 0 Å². The second kappa shape index (κ2) is 12.2. The number of ether oxygens (including phenoxy) is 1. The van der Waals surface area contributed by atoms with Crippen molar-refractivity contribution in [2.45, 2.75) is 44.6 Å². The van der Waals surface area contributed by atoms with Crippen LogP contribution in [0.1, 0.15) is 46.8 Å². The van der Waals surface area contributed by atoms with Gasteiger partial charge in [0.2, 0.25) is 5.91 Å². The van der Waals surface area contributed by atoms with Gasteiger partial charge in [-0.3, -0.25) is 9.59 Å². The second-order valence-corrected chi connectivity index (χ2v) is 11.1. The molecule has 39 heavy (non-hydrogen) atoms. The summed E-state index contributed by atoms with van der Waals surface area (Å²) in [6, 6.07) is 19.6. The van der Waals surface area contributed by atoms with Gasteiger partial charge in [-0.2, -0.15) is 0 Å². The van der Waals surface area contributed by atoms with Gasteiger partial charge in [-0.25, -0.2) is 13.1 Å². The van der Waals surface area contributed by atoms with Crippen molar-refractivity contribution in [3.63, 3.8) is 0 Å². The van der Waals surface area contributed by atoms with Gasteiger partial charge in [0, 0.05) is 35.8 Å². The van der Waals surface area contributed by atoms with Gasteiger partial charge < -0.3 is 14.6 Å². The first kappa shape index (κ1) is 27.9. The second-order valence-electron chi connectivity index (χ2n) is 9.41. The first-order valence-corrected chi connectivity index (χ1v) is 14.3. The summed E-state index contributed by atoms with van der Waals surface area (Å²) in [5.74, 6) is -0.212. The molecule has 3 aromatic carbocycles. The van der Waals surface area contributed by atoms with Crippen LogP contribution >= 0.6 is 0 Å². The predicted octanol–water partition coefficient (Wildman–Crippen LogP) is 4.58. The fraction of sp³-hybridized carbons (Fsp3) is 0.267. The van der Waals surface area contributed by atoms with Crippen molar-refractivity contribution in [1.29, 1.82) is 0 Å². The van der Waals surface area contributed by atoms with Crippen LogP contribution < -0.4 is 14.8 Å². The average Bonchev–Trinajstić information content (AvgIpc) is 3.32. The van der Waals surface area contributed by atoms with E-state index in [2.05, 4.69) is 20.7 Å². The number of aryl methyl sites for hydroxylation is 2. The maximum Gasteiger partial charge on any atom is 0.265 e. The Morgan fingerprint density at radius 3 is 2.54 bits per heavy atom. The van der Waals surface area contributed by atoms with Crippen LogP contribution in [0.25, 0.3) is 10.9 Å². The lowest BCUT2D eigenvalue weighted by Crippen LogP contribution is -2.31. The van der Waals surface area contributed by atoms with Gasteiger partial charge in [0.25, 0.3) is 15.9 Å². The predicted molar refractivity (Wildman–Crippen MR) is 151 cm³/mol. The van der Waals surface area contributed by atoms with Gasteiger partial charge in [-0.15, -0.1) is 0 Å². The Balaban J connectivity index is 1.51. The van der Waals surface area contributed by atoms with Crippen molar-refractivity contribution >= 4 is 32.7 Å². The maximum absolute atomic E-state index is 12.8. The zero-order valence-electron chi connectivity index (χ0n) is 22.4.